The molecule has 1 saturated heterocycles. The molecule has 1 aliphatic rings. The number of hydrogen-bond acceptors (Lipinski definition) is 9. The quantitative estimate of drug-likeness (QED) is 0.456. The van der Waals surface area contributed by atoms with Gasteiger partial charge in [0.05, 0.1) is 12.8 Å². The molecule has 4 heterocycles. The van der Waals surface area contributed by atoms with Crippen molar-refractivity contribution in [2.24, 2.45) is 5.92 Å². The number of benzene rings is 1. The van der Waals surface area contributed by atoms with Crippen LogP contribution in [0.2, 0.25) is 0 Å². The van der Waals surface area contributed by atoms with E-state index in [1.807, 2.05) is 37.4 Å². The van der Waals surface area contributed by atoms with Crippen LogP contribution in [0.5, 0.6) is 5.88 Å². The summed E-state index contributed by atoms with van der Waals surface area (Å²) in [5, 5.41) is 8.74. The third kappa shape index (κ3) is 3.79. The van der Waals surface area contributed by atoms with Crippen molar-refractivity contribution >= 4 is 22.8 Å². The van der Waals surface area contributed by atoms with Crippen molar-refractivity contribution in [3.05, 3.63) is 49.1 Å². The highest BCUT2D eigenvalue weighted by atomic mass is 16.5. The molecule has 10 heteroatoms. The minimum atomic E-state index is 0.542. The van der Waals surface area contributed by atoms with Gasteiger partial charge in [0.15, 0.2) is 22.8 Å². The number of fused-ring (bicyclic) bond motifs is 1. The van der Waals surface area contributed by atoms with Gasteiger partial charge in [-0.25, -0.2) is 19.9 Å². The molecule has 1 fully saturated rings. The molecule has 0 amide bonds. The van der Waals surface area contributed by atoms with E-state index in [-0.39, 0.29) is 0 Å². The first kappa shape index (κ1) is 20.1. The number of hydrogen-bond donors (Lipinski definition) is 0. The minimum Gasteiger partial charge on any atom is -0.478 e. The van der Waals surface area contributed by atoms with E-state index in [1.165, 1.54) is 0 Å². The van der Waals surface area contributed by atoms with Gasteiger partial charge in [-0.05, 0) is 30.9 Å². The van der Waals surface area contributed by atoms with Gasteiger partial charge in [-0.2, -0.15) is 4.68 Å². The molecule has 3 aromatic heterocycles. The zero-order valence-electron chi connectivity index (χ0n) is 18.2. The Morgan fingerprint density at radius 2 is 1.81 bits per heavy atom. The summed E-state index contributed by atoms with van der Waals surface area (Å²) in [6.45, 7) is 2.70. The third-order valence-corrected chi connectivity index (χ3v) is 5.87. The number of nitrogens with zero attached hydrogens (tertiary/aromatic N) is 9. The maximum absolute atomic E-state index is 5.35. The van der Waals surface area contributed by atoms with Crippen LogP contribution in [0.3, 0.4) is 0 Å². The van der Waals surface area contributed by atoms with E-state index in [4.69, 9.17) is 4.74 Å². The number of para-hydroxylation sites is 1. The Morgan fingerprint density at radius 1 is 1.03 bits per heavy atom. The van der Waals surface area contributed by atoms with E-state index in [9.17, 15) is 0 Å². The van der Waals surface area contributed by atoms with Crippen molar-refractivity contribution in [3.8, 4) is 11.6 Å². The molecule has 5 rings (SSSR count). The van der Waals surface area contributed by atoms with Gasteiger partial charge in [-0.3, -0.25) is 0 Å². The highest BCUT2D eigenvalue weighted by Gasteiger charge is 2.25. The maximum Gasteiger partial charge on any atom is 0.257 e. The predicted octanol–water partition coefficient (Wildman–Crippen LogP) is 2.36. The van der Waals surface area contributed by atoms with Crippen molar-refractivity contribution < 1.29 is 4.74 Å². The maximum atomic E-state index is 5.35. The van der Waals surface area contributed by atoms with Gasteiger partial charge in [0.25, 0.3) is 5.88 Å². The van der Waals surface area contributed by atoms with Gasteiger partial charge in [0.1, 0.15) is 6.33 Å². The molecule has 0 atom stereocenters. The Balaban J connectivity index is 1.29. The normalized spacial score (nSPS) is 14.6. The van der Waals surface area contributed by atoms with E-state index < -0.39 is 0 Å². The molecule has 0 radical (unpaired) electrons. The average molecular weight is 432 g/mol. The van der Waals surface area contributed by atoms with Crippen LogP contribution < -0.4 is 14.5 Å². The zero-order chi connectivity index (χ0) is 21.9. The smallest absolute Gasteiger partial charge is 0.257 e. The molecule has 0 aliphatic carbocycles. The number of anilines is 2. The lowest BCUT2D eigenvalue weighted by Crippen LogP contribution is -2.38. The molecule has 10 nitrogen and oxygen atoms in total. The summed E-state index contributed by atoms with van der Waals surface area (Å²) in [6.07, 6.45) is 7.03. The van der Waals surface area contributed by atoms with Crippen molar-refractivity contribution in [3.63, 3.8) is 0 Å². The van der Waals surface area contributed by atoms with Crippen LogP contribution in [0.1, 0.15) is 12.8 Å². The second-order valence-electron chi connectivity index (χ2n) is 7.91. The fourth-order valence-electron chi connectivity index (χ4n) is 4.24. The molecule has 0 N–H and O–H groups in total. The summed E-state index contributed by atoms with van der Waals surface area (Å²) in [5.74, 6) is 2.71. The van der Waals surface area contributed by atoms with Crippen LogP contribution in [-0.4, -0.2) is 68.7 Å². The van der Waals surface area contributed by atoms with Crippen LogP contribution >= 0.6 is 0 Å². The molecule has 0 spiro atoms. The average Bonchev–Trinajstić information content (AvgIpc) is 3.29. The molecule has 4 aromatic rings. The van der Waals surface area contributed by atoms with Gasteiger partial charge in [0.2, 0.25) is 0 Å². The third-order valence-electron chi connectivity index (χ3n) is 5.87. The lowest BCUT2D eigenvalue weighted by atomic mass is 9.96. The summed E-state index contributed by atoms with van der Waals surface area (Å²) in [7, 11) is 3.66. The number of aromatic nitrogens is 7. The standard InChI is InChI=1S/C22H25N9O/c1-29(21-22(32-2)24-11-10-23-21)14-16-8-12-30(13-9-16)19-18-20(26-15-25-19)31(28-27-18)17-6-4-3-5-7-17/h3-7,10-11,15-16H,8-9,12-14H2,1-2H3. The van der Waals surface area contributed by atoms with E-state index in [0.717, 1.165) is 61.0 Å². The first-order chi connectivity index (χ1) is 15.7. The van der Waals surface area contributed by atoms with Crippen molar-refractivity contribution in [1.29, 1.82) is 0 Å². The fourth-order valence-corrected chi connectivity index (χ4v) is 4.24. The first-order valence-corrected chi connectivity index (χ1v) is 10.7. The van der Waals surface area contributed by atoms with Gasteiger partial charge in [0, 0.05) is 39.1 Å². The molecule has 1 aromatic carbocycles. The van der Waals surface area contributed by atoms with Crippen LogP contribution in [0, 0.1) is 5.92 Å². The monoisotopic (exact) mass is 431 g/mol. The largest absolute Gasteiger partial charge is 0.478 e. The van der Waals surface area contributed by atoms with Crippen LogP contribution in [0.15, 0.2) is 49.1 Å². The summed E-state index contributed by atoms with van der Waals surface area (Å²) in [5.41, 5.74) is 2.38. The SMILES string of the molecule is COc1nccnc1N(C)CC1CCN(c2ncnc3c2nnn3-c2ccccc2)CC1. The van der Waals surface area contributed by atoms with Crippen molar-refractivity contribution in [2.75, 3.05) is 43.6 Å². The molecular formula is C22H25N9O. The van der Waals surface area contributed by atoms with E-state index in [0.29, 0.717) is 11.8 Å². The van der Waals surface area contributed by atoms with Crippen molar-refractivity contribution in [2.45, 2.75) is 12.8 Å². The summed E-state index contributed by atoms with van der Waals surface area (Å²) in [4.78, 5) is 22.1. The lowest BCUT2D eigenvalue weighted by Gasteiger charge is -2.34. The summed E-state index contributed by atoms with van der Waals surface area (Å²) in [6, 6.07) is 9.91. The van der Waals surface area contributed by atoms with Gasteiger partial charge >= 0.3 is 0 Å². The molecular weight excluding hydrogens is 406 g/mol. The Kier molecular flexibility index (Phi) is 5.49. The molecule has 1 aliphatic heterocycles. The highest BCUT2D eigenvalue weighted by Crippen LogP contribution is 2.29. The van der Waals surface area contributed by atoms with Crippen LogP contribution in [-0.2, 0) is 0 Å². The molecule has 164 valence electrons. The van der Waals surface area contributed by atoms with E-state index >= 15 is 0 Å². The number of ether oxygens (including phenoxy) is 1. The first-order valence-electron chi connectivity index (χ1n) is 10.7. The second kappa shape index (κ2) is 8.74. The Morgan fingerprint density at radius 3 is 2.59 bits per heavy atom. The van der Waals surface area contributed by atoms with Gasteiger partial charge in [-0.15, -0.1) is 5.10 Å². The van der Waals surface area contributed by atoms with Gasteiger partial charge < -0.3 is 14.5 Å². The van der Waals surface area contributed by atoms with Crippen molar-refractivity contribution in [1.82, 2.24) is 34.9 Å². The minimum absolute atomic E-state index is 0.542. The number of rotatable bonds is 6. The molecule has 0 unspecified atom stereocenters. The second-order valence-corrected chi connectivity index (χ2v) is 7.91. The Labute approximate surface area is 185 Å². The van der Waals surface area contributed by atoms with Crippen LogP contribution in [0.4, 0.5) is 11.6 Å². The number of methoxy groups -OCH3 is 1. The zero-order valence-corrected chi connectivity index (χ0v) is 18.2. The van der Waals surface area contributed by atoms with Crippen LogP contribution in [0.25, 0.3) is 16.9 Å². The summed E-state index contributed by atoms with van der Waals surface area (Å²) < 4.78 is 7.11. The molecule has 0 bridgehead atoms. The van der Waals surface area contributed by atoms with Gasteiger partial charge in [-0.1, -0.05) is 23.4 Å². The number of piperidine rings is 1. The highest BCUT2D eigenvalue weighted by molar-refractivity contribution is 5.83. The van der Waals surface area contributed by atoms with E-state index in [1.54, 1.807) is 30.5 Å². The van der Waals surface area contributed by atoms with E-state index in [2.05, 4.69) is 40.0 Å². The Hall–Kier alpha value is -3.82. The fraction of sp³-hybridized carbons (Fsp3) is 0.364. The lowest BCUT2D eigenvalue weighted by molar-refractivity contribution is 0.386. The Bertz CT molecular complexity index is 1190. The predicted molar refractivity (Wildman–Crippen MR) is 121 cm³/mol. The molecule has 32 heavy (non-hydrogen) atoms. The molecule has 0 saturated carbocycles. The summed E-state index contributed by atoms with van der Waals surface area (Å²) >= 11 is 0. The topological polar surface area (TPSA) is 98.0 Å².